The first-order valence-corrected chi connectivity index (χ1v) is 20.2. The summed E-state index contributed by atoms with van der Waals surface area (Å²) >= 11 is 0. The van der Waals surface area contributed by atoms with E-state index < -0.39 is 0 Å². The Morgan fingerprint density at radius 1 is 0.500 bits per heavy atom. The van der Waals surface area contributed by atoms with Crippen molar-refractivity contribution < 1.29 is 0 Å². The highest BCUT2D eigenvalue weighted by atomic mass is 15.3. The summed E-state index contributed by atoms with van der Waals surface area (Å²) < 4.78 is 2.63. The number of nitrogens with one attached hydrogen (secondary N) is 1. The van der Waals surface area contributed by atoms with Gasteiger partial charge < -0.3 is 29.2 Å². The van der Waals surface area contributed by atoms with Gasteiger partial charge in [0, 0.05) is 60.1 Å². The molecule has 4 atom stereocenters. The van der Waals surface area contributed by atoms with Crippen molar-refractivity contribution in [2.24, 2.45) is 0 Å². The Morgan fingerprint density at radius 2 is 0.982 bits per heavy atom. The second kappa shape index (κ2) is 15.1. The molecule has 0 radical (unpaired) electrons. The molecule has 0 saturated heterocycles. The fraction of sp³-hybridized carbons (Fsp3) is 0.250. The highest BCUT2D eigenvalue weighted by Gasteiger charge is 2.37. The first-order valence-electron chi connectivity index (χ1n) is 20.2. The highest BCUT2D eigenvalue weighted by molar-refractivity contribution is 5.86. The van der Waals surface area contributed by atoms with Crippen LogP contribution in [0, 0.1) is 0 Å². The van der Waals surface area contributed by atoms with Crippen LogP contribution in [0.5, 0.6) is 0 Å². The lowest BCUT2D eigenvalue weighted by Gasteiger charge is -2.36. The Balaban J connectivity index is 1.56. The van der Waals surface area contributed by atoms with Crippen LogP contribution in [0.3, 0.4) is 0 Å². The number of likely N-dealkylation sites (N-methyl/N-ethyl adjacent to an activating group) is 4. The Labute approximate surface area is 330 Å². The molecule has 9 heterocycles. The van der Waals surface area contributed by atoms with Crippen molar-refractivity contribution in [3.05, 3.63) is 168 Å². The van der Waals surface area contributed by atoms with E-state index in [-0.39, 0.29) is 24.3 Å². The van der Waals surface area contributed by atoms with Crippen LogP contribution in [0.2, 0.25) is 0 Å². The zero-order valence-corrected chi connectivity index (χ0v) is 32.7. The number of rotatable bonds is 8. The number of allylic oxidation sites excluding steroid dienone is 8. The van der Waals surface area contributed by atoms with Crippen molar-refractivity contribution in [3.8, 4) is 0 Å². The molecule has 1 N–H and O–H groups in total. The number of aromatic amines is 1. The number of nitrogens with zero attached hydrogens (tertiary/aromatic N) is 7. The smallest absolute Gasteiger partial charge is 0.125 e. The van der Waals surface area contributed by atoms with E-state index in [2.05, 4.69) is 209 Å². The molecule has 282 valence electrons. The van der Waals surface area contributed by atoms with Gasteiger partial charge in [-0.15, -0.1) is 0 Å². The summed E-state index contributed by atoms with van der Waals surface area (Å²) in [5.74, 6) is 0. The third kappa shape index (κ3) is 6.29. The third-order valence-corrected chi connectivity index (χ3v) is 11.6. The number of aromatic nitrogens is 4. The monoisotopic (exact) mass is 738 g/mol. The predicted octanol–water partition coefficient (Wildman–Crippen LogP) is 10.4. The van der Waals surface area contributed by atoms with Crippen LogP contribution in [0.1, 0.15) is 91.5 Å². The molecule has 0 spiro atoms. The standard InChI is InChI=1S/C48H50N8/c1-5-52-27-13-9-17-40(52)45-39-26-25-37(51-39)32-36-22-21-34(49-36)31-35-23-24-38(50-35)33-43-46(41-18-10-14-28-53(41)6-2)47(42-19-11-15-29-54(42)7-3)48(45)56(43)44-20-12-16-30-55(44)8-4/h9-33,40-42,44,49H,5-8H2,1-4H3. The molecule has 8 bridgehead atoms. The van der Waals surface area contributed by atoms with Crippen molar-refractivity contribution in [2.45, 2.75) is 52.0 Å². The Kier molecular flexibility index (Phi) is 9.55. The second-order valence-electron chi connectivity index (χ2n) is 14.7. The van der Waals surface area contributed by atoms with Gasteiger partial charge >= 0.3 is 0 Å². The van der Waals surface area contributed by atoms with Gasteiger partial charge in [-0.1, -0.05) is 42.5 Å². The molecule has 8 heteroatoms. The molecule has 0 aromatic carbocycles. The molecule has 6 aliphatic rings. The lowest BCUT2D eigenvalue weighted by Crippen LogP contribution is -2.30. The first kappa shape index (κ1) is 35.4. The molecule has 0 saturated carbocycles. The molecule has 8 nitrogen and oxygen atoms in total. The van der Waals surface area contributed by atoms with Crippen LogP contribution in [-0.2, 0) is 0 Å². The van der Waals surface area contributed by atoms with Gasteiger partial charge in [0.1, 0.15) is 6.17 Å². The summed E-state index contributed by atoms with van der Waals surface area (Å²) in [6, 6.07) is 10.7. The summed E-state index contributed by atoms with van der Waals surface area (Å²) in [7, 11) is 0. The molecular formula is C48H50N8. The lowest BCUT2D eigenvalue weighted by molar-refractivity contribution is 0.270. The average molecular weight is 739 g/mol. The maximum atomic E-state index is 5.50. The van der Waals surface area contributed by atoms with Gasteiger partial charge in [0.25, 0.3) is 0 Å². The van der Waals surface area contributed by atoms with Crippen LogP contribution in [0.15, 0.2) is 128 Å². The first-order chi connectivity index (χ1) is 27.6. The van der Waals surface area contributed by atoms with E-state index in [4.69, 9.17) is 9.97 Å². The maximum absolute atomic E-state index is 5.50. The molecular weight excluding hydrogens is 689 g/mol. The number of fused-ring (bicyclic) bond motifs is 8. The van der Waals surface area contributed by atoms with Crippen LogP contribution in [0.25, 0.3) is 46.4 Å². The molecule has 4 unspecified atom stereocenters. The van der Waals surface area contributed by atoms with E-state index in [1.165, 1.54) is 22.2 Å². The lowest BCUT2D eigenvalue weighted by atomic mass is 9.90. The van der Waals surface area contributed by atoms with Crippen LogP contribution in [-0.4, -0.2) is 65.3 Å². The van der Waals surface area contributed by atoms with E-state index in [0.29, 0.717) is 0 Å². The molecule has 6 aliphatic heterocycles. The van der Waals surface area contributed by atoms with Gasteiger partial charge in [-0.3, -0.25) is 0 Å². The number of H-pyrrole nitrogens is 1. The van der Waals surface area contributed by atoms with E-state index >= 15 is 0 Å². The van der Waals surface area contributed by atoms with E-state index in [9.17, 15) is 0 Å². The average Bonchev–Trinajstić information content (AvgIpc) is 4.06. The van der Waals surface area contributed by atoms with Gasteiger partial charge in [0.05, 0.1) is 51.9 Å². The Morgan fingerprint density at radius 3 is 1.57 bits per heavy atom. The summed E-state index contributed by atoms with van der Waals surface area (Å²) in [5, 5.41) is 0. The molecule has 0 fully saturated rings. The maximum Gasteiger partial charge on any atom is 0.125 e. The molecule has 0 amide bonds. The van der Waals surface area contributed by atoms with Crippen molar-refractivity contribution in [1.29, 1.82) is 0 Å². The third-order valence-electron chi connectivity index (χ3n) is 11.6. The summed E-state index contributed by atoms with van der Waals surface area (Å²) in [6.07, 6.45) is 44.4. The van der Waals surface area contributed by atoms with Crippen molar-refractivity contribution >= 4 is 46.4 Å². The Hall–Kier alpha value is -6.28. The summed E-state index contributed by atoms with van der Waals surface area (Å²) in [5.41, 5.74) is 11.8. The van der Waals surface area contributed by atoms with Gasteiger partial charge in [-0.05, 0) is 131 Å². The summed E-state index contributed by atoms with van der Waals surface area (Å²) in [4.78, 5) is 24.2. The Bertz CT molecular complexity index is 2490. The zero-order valence-electron chi connectivity index (χ0n) is 32.7. The van der Waals surface area contributed by atoms with Crippen molar-refractivity contribution in [2.75, 3.05) is 26.2 Å². The number of hydrogen-bond acceptors (Lipinski definition) is 6. The minimum absolute atomic E-state index is 0.0237. The quantitative estimate of drug-likeness (QED) is 0.171. The largest absolute Gasteiger partial charge is 0.367 e. The predicted molar refractivity (Wildman–Crippen MR) is 232 cm³/mol. The van der Waals surface area contributed by atoms with E-state index in [1.807, 2.05) is 0 Å². The second-order valence-corrected chi connectivity index (χ2v) is 14.7. The molecule has 9 rings (SSSR count). The SMILES string of the molecule is CCN1C=CC=CC1c1c(C2C=CC=CN2CC)c2c(C3C=CC=CN3CC)c3nc(cc4ccc(cc5nc(cc1n2C1C=CC=CN1CC)C=C5)[nH]4)C=C3. The van der Waals surface area contributed by atoms with Crippen LogP contribution >= 0.6 is 0 Å². The minimum atomic E-state index is -0.112. The van der Waals surface area contributed by atoms with Gasteiger partial charge in [-0.2, -0.15) is 0 Å². The van der Waals surface area contributed by atoms with Gasteiger partial charge in [-0.25, -0.2) is 9.97 Å². The fourth-order valence-corrected chi connectivity index (χ4v) is 8.93. The molecule has 3 aromatic rings. The fourth-order valence-electron chi connectivity index (χ4n) is 8.93. The van der Waals surface area contributed by atoms with Crippen molar-refractivity contribution in [1.82, 2.24) is 39.1 Å². The number of hydrogen-bond donors (Lipinski definition) is 1. The zero-order chi connectivity index (χ0) is 38.2. The normalized spacial score (nSPS) is 22.1. The minimum Gasteiger partial charge on any atom is -0.367 e. The van der Waals surface area contributed by atoms with E-state index in [1.54, 1.807) is 0 Å². The molecule has 56 heavy (non-hydrogen) atoms. The molecule has 0 aliphatic carbocycles. The summed E-state index contributed by atoms with van der Waals surface area (Å²) in [6.45, 7) is 12.4. The molecule has 3 aromatic heterocycles. The van der Waals surface area contributed by atoms with E-state index in [0.717, 1.165) is 65.5 Å². The van der Waals surface area contributed by atoms with Crippen molar-refractivity contribution in [3.63, 3.8) is 0 Å². The van der Waals surface area contributed by atoms with Gasteiger partial charge in [0.15, 0.2) is 0 Å². The van der Waals surface area contributed by atoms with Crippen LogP contribution in [0.4, 0.5) is 0 Å². The van der Waals surface area contributed by atoms with Gasteiger partial charge in [0.2, 0.25) is 0 Å². The topological polar surface area (TPSA) is 59.5 Å². The highest BCUT2D eigenvalue weighted by Crippen LogP contribution is 2.48. The van der Waals surface area contributed by atoms with Crippen LogP contribution < -0.4 is 0 Å².